The number of nitriles is 1. The number of aryl methyl sites for hydroxylation is 2. The van der Waals surface area contributed by atoms with Crippen LogP contribution in [0.4, 0.5) is 5.69 Å². The number of hydrogen-bond donors (Lipinski definition) is 1. The summed E-state index contributed by atoms with van der Waals surface area (Å²) in [7, 11) is -3.80. The van der Waals surface area contributed by atoms with Crippen molar-refractivity contribution in [3.63, 3.8) is 0 Å². The number of sulfone groups is 1. The molecule has 0 spiro atoms. The van der Waals surface area contributed by atoms with Gasteiger partial charge in [-0.1, -0.05) is 24.3 Å². The van der Waals surface area contributed by atoms with Crippen LogP contribution in [-0.4, -0.2) is 8.42 Å². The van der Waals surface area contributed by atoms with E-state index in [1.54, 1.807) is 24.3 Å². The molecule has 2 aromatic rings. The average molecular weight is 312 g/mol. The number of benzene rings is 2. The molecule has 0 radical (unpaired) electrons. The van der Waals surface area contributed by atoms with Crippen LogP contribution in [-0.2, 0) is 9.84 Å². The summed E-state index contributed by atoms with van der Waals surface area (Å²) in [4.78, 5) is -0.220. The zero-order valence-electron chi connectivity index (χ0n) is 12.4. The van der Waals surface area contributed by atoms with E-state index in [-0.39, 0.29) is 9.80 Å². The minimum Gasteiger partial charge on any atom is -0.360 e. The summed E-state index contributed by atoms with van der Waals surface area (Å²) in [5.41, 5.74) is 2.86. The fourth-order valence-corrected chi connectivity index (χ4v) is 3.21. The van der Waals surface area contributed by atoms with Gasteiger partial charge in [-0.15, -0.1) is 0 Å². The van der Waals surface area contributed by atoms with Crippen molar-refractivity contribution in [1.29, 1.82) is 5.26 Å². The SMILES string of the molecule is Cc1cc(C)cc(N/C=C(\C#N)S(=O)(=O)c2ccccc2)c1. The molecule has 0 aliphatic carbocycles. The fourth-order valence-electron chi connectivity index (χ4n) is 2.10. The van der Waals surface area contributed by atoms with Crippen molar-refractivity contribution in [2.45, 2.75) is 18.7 Å². The first-order valence-corrected chi connectivity index (χ1v) is 8.17. The average Bonchev–Trinajstić information content (AvgIpc) is 2.47. The lowest BCUT2D eigenvalue weighted by molar-refractivity contribution is 0.603. The first kappa shape index (κ1) is 15.8. The van der Waals surface area contributed by atoms with Crippen LogP contribution in [0.3, 0.4) is 0 Å². The molecule has 0 saturated carbocycles. The molecule has 0 aliphatic rings. The topological polar surface area (TPSA) is 70.0 Å². The molecule has 0 heterocycles. The highest BCUT2D eigenvalue weighted by Crippen LogP contribution is 2.19. The summed E-state index contributed by atoms with van der Waals surface area (Å²) in [6, 6.07) is 15.4. The molecule has 0 aromatic heterocycles. The first-order valence-electron chi connectivity index (χ1n) is 6.69. The Labute approximate surface area is 130 Å². The van der Waals surface area contributed by atoms with Crippen molar-refractivity contribution in [3.8, 4) is 6.07 Å². The fraction of sp³-hybridized carbons (Fsp3) is 0.118. The maximum atomic E-state index is 12.4. The number of nitrogens with one attached hydrogen (secondary N) is 1. The van der Waals surface area contributed by atoms with Crippen molar-refractivity contribution in [1.82, 2.24) is 0 Å². The van der Waals surface area contributed by atoms with E-state index in [0.29, 0.717) is 0 Å². The smallest absolute Gasteiger partial charge is 0.218 e. The van der Waals surface area contributed by atoms with Crippen molar-refractivity contribution in [2.24, 2.45) is 0 Å². The molecule has 2 aromatic carbocycles. The molecule has 112 valence electrons. The number of nitrogens with zero attached hydrogens (tertiary/aromatic N) is 1. The molecule has 0 unspecified atom stereocenters. The van der Waals surface area contributed by atoms with Gasteiger partial charge in [0.15, 0.2) is 4.91 Å². The van der Waals surface area contributed by atoms with Crippen LogP contribution in [0.1, 0.15) is 11.1 Å². The lowest BCUT2D eigenvalue weighted by Gasteiger charge is -2.06. The molecule has 1 N–H and O–H groups in total. The Hall–Kier alpha value is -2.58. The number of allylic oxidation sites excluding steroid dienone is 1. The number of hydrogen-bond acceptors (Lipinski definition) is 4. The van der Waals surface area contributed by atoms with Gasteiger partial charge in [-0.3, -0.25) is 0 Å². The van der Waals surface area contributed by atoms with E-state index in [9.17, 15) is 13.7 Å². The van der Waals surface area contributed by atoms with Gasteiger partial charge >= 0.3 is 0 Å². The summed E-state index contributed by atoms with van der Waals surface area (Å²) in [6.07, 6.45) is 1.23. The number of anilines is 1. The molecular formula is C17H16N2O2S. The van der Waals surface area contributed by atoms with Crippen LogP contribution >= 0.6 is 0 Å². The van der Waals surface area contributed by atoms with E-state index in [0.717, 1.165) is 16.8 Å². The Morgan fingerprint density at radius 3 is 2.23 bits per heavy atom. The van der Waals surface area contributed by atoms with Crippen LogP contribution in [0.2, 0.25) is 0 Å². The van der Waals surface area contributed by atoms with Gasteiger partial charge < -0.3 is 5.32 Å². The van der Waals surface area contributed by atoms with Gasteiger partial charge in [-0.05, 0) is 49.2 Å². The largest absolute Gasteiger partial charge is 0.360 e. The molecule has 22 heavy (non-hydrogen) atoms. The molecule has 5 heteroatoms. The highest BCUT2D eigenvalue weighted by Gasteiger charge is 2.20. The molecule has 4 nitrogen and oxygen atoms in total. The van der Waals surface area contributed by atoms with E-state index in [1.165, 1.54) is 18.3 Å². The Bertz CT molecular complexity index is 828. The third-order valence-corrected chi connectivity index (χ3v) is 4.73. The summed E-state index contributed by atoms with van der Waals surface area (Å²) < 4.78 is 24.8. The van der Waals surface area contributed by atoms with Gasteiger partial charge in [0.1, 0.15) is 6.07 Å². The maximum absolute atomic E-state index is 12.4. The van der Waals surface area contributed by atoms with Gasteiger partial charge in [0.2, 0.25) is 9.84 Å². The molecule has 0 aliphatic heterocycles. The van der Waals surface area contributed by atoms with Crippen LogP contribution in [0.15, 0.2) is 64.5 Å². The lowest BCUT2D eigenvalue weighted by Crippen LogP contribution is -2.05. The molecule has 0 bridgehead atoms. The minimum absolute atomic E-state index is 0.102. The molecule has 0 amide bonds. The van der Waals surface area contributed by atoms with Crippen molar-refractivity contribution in [2.75, 3.05) is 5.32 Å². The van der Waals surface area contributed by atoms with Gasteiger partial charge in [0.25, 0.3) is 0 Å². The second-order valence-corrected chi connectivity index (χ2v) is 6.88. The van der Waals surface area contributed by atoms with E-state index < -0.39 is 9.84 Å². The third kappa shape index (κ3) is 3.54. The normalized spacial score (nSPS) is 11.8. The minimum atomic E-state index is -3.80. The van der Waals surface area contributed by atoms with Gasteiger partial charge in [0, 0.05) is 11.9 Å². The Morgan fingerprint density at radius 1 is 1.09 bits per heavy atom. The molecule has 2 rings (SSSR count). The predicted octanol–water partition coefficient (Wildman–Crippen LogP) is 3.55. The summed E-state index contributed by atoms with van der Waals surface area (Å²) >= 11 is 0. The predicted molar refractivity (Wildman–Crippen MR) is 86.9 cm³/mol. The van der Waals surface area contributed by atoms with Crippen LogP contribution in [0.5, 0.6) is 0 Å². The van der Waals surface area contributed by atoms with Crippen molar-refractivity contribution < 1.29 is 8.42 Å². The van der Waals surface area contributed by atoms with Crippen molar-refractivity contribution in [3.05, 3.63) is 70.8 Å². The zero-order chi connectivity index (χ0) is 16.2. The monoisotopic (exact) mass is 312 g/mol. The van der Waals surface area contributed by atoms with Crippen LogP contribution in [0, 0.1) is 25.2 Å². The van der Waals surface area contributed by atoms with Crippen LogP contribution in [0.25, 0.3) is 0 Å². The quantitative estimate of drug-likeness (QED) is 0.876. The van der Waals surface area contributed by atoms with Crippen molar-refractivity contribution >= 4 is 15.5 Å². The first-order chi connectivity index (χ1) is 10.4. The van der Waals surface area contributed by atoms with Crippen LogP contribution < -0.4 is 5.32 Å². The van der Waals surface area contributed by atoms with Gasteiger partial charge in [-0.25, -0.2) is 8.42 Å². The van der Waals surface area contributed by atoms with E-state index >= 15 is 0 Å². The third-order valence-electron chi connectivity index (χ3n) is 3.04. The number of rotatable bonds is 4. The summed E-state index contributed by atoms with van der Waals surface area (Å²) in [6.45, 7) is 3.90. The Morgan fingerprint density at radius 2 is 1.68 bits per heavy atom. The van der Waals surface area contributed by atoms with Gasteiger partial charge in [0.05, 0.1) is 4.90 Å². The zero-order valence-corrected chi connectivity index (χ0v) is 13.2. The molecule has 0 fully saturated rings. The van der Waals surface area contributed by atoms with E-state index in [2.05, 4.69) is 5.32 Å². The van der Waals surface area contributed by atoms with E-state index in [4.69, 9.17) is 0 Å². The maximum Gasteiger partial charge on any atom is 0.218 e. The second kappa shape index (κ2) is 6.46. The highest BCUT2D eigenvalue weighted by atomic mass is 32.2. The van der Waals surface area contributed by atoms with E-state index in [1.807, 2.05) is 32.0 Å². The Balaban J connectivity index is 2.34. The Kier molecular flexibility index (Phi) is 4.64. The highest BCUT2D eigenvalue weighted by molar-refractivity contribution is 7.95. The summed E-state index contributed by atoms with van der Waals surface area (Å²) in [5.74, 6) is 0. The standard InChI is InChI=1S/C17H16N2O2S/c1-13-8-14(2)10-15(9-13)19-12-17(11-18)22(20,21)16-6-4-3-5-7-16/h3-10,12,19H,1-2H3/b17-12+. The lowest BCUT2D eigenvalue weighted by atomic mass is 10.1. The molecule has 0 atom stereocenters. The molecular weight excluding hydrogens is 296 g/mol. The second-order valence-electron chi connectivity index (χ2n) is 4.96. The van der Waals surface area contributed by atoms with Gasteiger partial charge in [-0.2, -0.15) is 5.26 Å². The molecule has 0 saturated heterocycles. The summed E-state index contributed by atoms with van der Waals surface area (Å²) in [5, 5.41) is 12.1.